The van der Waals surface area contributed by atoms with Gasteiger partial charge >= 0.3 is 0 Å². The number of hydrogen-bond donors (Lipinski definition) is 0. The van der Waals surface area contributed by atoms with Gasteiger partial charge in [0.05, 0.1) is 0 Å². The van der Waals surface area contributed by atoms with Crippen molar-refractivity contribution in [1.29, 1.82) is 0 Å². The van der Waals surface area contributed by atoms with Crippen molar-refractivity contribution >= 4 is 6.71 Å². The molecule has 0 bridgehead atoms. The first-order valence-electron chi connectivity index (χ1n) is 45.5. The van der Waals surface area contributed by atoms with E-state index in [0.717, 1.165) is 203 Å². The molecule has 27 atom stereocenters. The van der Waals surface area contributed by atoms with Crippen LogP contribution >= 0.6 is 0 Å². The Morgan fingerprint density at radius 3 is 1.13 bits per heavy atom. The minimum absolute atomic E-state index is 0.445. The molecule has 4 nitrogen and oxygen atoms in total. The first-order chi connectivity index (χ1) is 46.4. The molecule has 0 spiro atoms. The van der Waals surface area contributed by atoms with E-state index in [4.69, 9.17) is 0 Å². The second kappa shape index (κ2) is 26.5. The van der Waals surface area contributed by atoms with E-state index < -0.39 is 0 Å². The average Bonchev–Trinajstić information content (AvgIpc) is 0.839. The molecule has 19 fully saturated rings. The zero-order valence-electron chi connectivity index (χ0n) is 63.1. The minimum Gasteiger partial charge on any atom is -0.295 e. The van der Waals surface area contributed by atoms with Crippen molar-refractivity contribution < 1.29 is 0 Å². The Morgan fingerprint density at radius 1 is 0.221 bits per heavy atom. The molecule has 19 aliphatic rings. The van der Waals surface area contributed by atoms with Gasteiger partial charge in [0.15, 0.2) is 6.71 Å². The van der Waals surface area contributed by atoms with Crippen LogP contribution in [0.1, 0.15) is 356 Å². The van der Waals surface area contributed by atoms with Gasteiger partial charge in [-0.2, -0.15) is 0 Å². The molecule has 5 heteroatoms. The van der Waals surface area contributed by atoms with Crippen molar-refractivity contribution in [2.75, 3.05) is 0 Å². The smallest absolute Gasteiger partial charge is 0.156 e. The minimum atomic E-state index is 0.445. The summed E-state index contributed by atoms with van der Waals surface area (Å²) in [6.07, 6.45) is 77.0. The number of rotatable bonds is 7. The highest BCUT2D eigenvalue weighted by molar-refractivity contribution is 6.65. The summed E-state index contributed by atoms with van der Waals surface area (Å²) in [6.45, 7) is 17.1. The van der Waals surface area contributed by atoms with Gasteiger partial charge in [-0.05, 0) is 321 Å². The van der Waals surface area contributed by atoms with E-state index in [1.54, 1.807) is 250 Å². The highest BCUT2D eigenvalue weighted by Crippen LogP contribution is 2.71. The fourth-order valence-electron chi connectivity index (χ4n) is 34.7. The summed E-state index contributed by atoms with van der Waals surface area (Å²) < 4.78 is 0. The van der Waals surface area contributed by atoms with Crippen molar-refractivity contribution in [3.8, 4) is 0 Å². The van der Waals surface area contributed by atoms with E-state index in [2.05, 4.69) is 61.1 Å². The largest absolute Gasteiger partial charge is 0.295 e. The standard InChI is InChI=1S/C90H149BN4/c1-89(2,3)64-47-61-33-34-62-48-65(90(4,5)6)52-75-74(50-63(49-64)86(61)87(62)75)60-39-46-82-77(51-60)91-76-45-44-68(94-78-29-17-13-25-70(78)71-26-14-18-30-79(71)94)53-83(76)93(67-42-37-59(38-43-67)57-23-11-8-12-24-57)85-55-69(95-80-31-19-15-27-72(80)73-28-16-20-32-81(73)95)54-84(88(85)91)92(82)66-40-35-58(36-41-66)56-21-9-7-10-22-56/h56-88H,7-55H2,1-6H3. The number of likely N-dealkylation sites (tertiary alicyclic amines) is 2. The van der Waals surface area contributed by atoms with E-state index >= 15 is 0 Å². The van der Waals surface area contributed by atoms with Crippen molar-refractivity contribution in [2.24, 2.45) is 117 Å². The molecule has 15 saturated carbocycles. The summed E-state index contributed by atoms with van der Waals surface area (Å²) in [5.74, 6) is 21.2. The third-order valence-electron chi connectivity index (χ3n) is 38.2. The lowest BCUT2D eigenvalue weighted by Gasteiger charge is -2.71. The maximum absolute atomic E-state index is 3.79. The summed E-state index contributed by atoms with van der Waals surface area (Å²) in [7, 11) is 0. The SMILES string of the molecule is CC(C)(C)C1CC2CCC3CC(C(C)(C)C)CC4C(C5CCC6C(C5)B5C7CCC(N8C9CCCCC9C9CCCCC98)CC7N(C7CCC(C8CCCCC8)CC7)C7CC(N8C9CCCCC9C9CCCCC98)CC(C57)N6C5CCC(C6CCCCC6)CC5)CC(C1)C2C34. The maximum Gasteiger partial charge on any atom is 0.156 e. The lowest BCUT2D eigenvalue weighted by atomic mass is 9.18. The van der Waals surface area contributed by atoms with Gasteiger partial charge in [-0.1, -0.05) is 170 Å². The van der Waals surface area contributed by atoms with Crippen LogP contribution in [0.15, 0.2) is 0 Å². The topological polar surface area (TPSA) is 13.0 Å². The normalized spacial score (nSPS) is 52.6. The second-order valence-corrected chi connectivity index (χ2v) is 43.3. The molecular weight excluding hydrogens is 1150 g/mol. The summed E-state index contributed by atoms with van der Waals surface area (Å²) in [5, 5.41) is 0. The van der Waals surface area contributed by atoms with Gasteiger partial charge in [-0.15, -0.1) is 0 Å². The zero-order valence-corrected chi connectivity index (χ0v) is 63.1. The molecule has 0 amide bonds. The lowest BCUT2D eigenvalue weighted by Crippen LogP contribution is -2.76. The Kier molecular flexibility index (Phi) is 18.3. The Balaban J connectivity index is 0.733. The molecule has 532 valence electrons. The predicted molar refractivity (Wildman–Crippen MR) is 398 cm³/mol. The fourth-order valence-corrected chi connectivity index (χ4v) is 34.7. The van der Waals surface area contributed by atoms with E-state index in [-0.39, 0.29) is 0 Å². The van der Waals surface area contributed by atoms with Gasteiger partial charge in [0.25, 0.3) is 0 Å². The van der Waals surface area contributed by atoms with Crippen LogP contribution in [0.2, 0.25) is 17.5 Å². The summed E-state index contributed by atoms with van der Waals surface area (Å²) in [6, 6.07) is 10.5. The van der Waals surface area contributed by atoms with Crippen molar-refractivity contribution in [2.45, 2.75) is 446 Å². The third-order valence-corrected chi connectivity index (χ3v) is 38.2. The van der Waals surface area contributed by atoms with Crippen LogP contribution in [0.3, 0.4) is 0 Å². The number of fused-ring (bicyclic) bond motifs is 10. The summed E-state index contributed by atoms with van der Waals surface area (Å²) in [4.78, 5) is 14.7. The van der Waals surface area contributed by atoms with Gasteiger partial charge in [0.1, 0.15) is 0 Å². The molecule has 0 N–H and O–H groups in total. The zero-order chi connectivity index (χ0) is 63.6. The monoisotopic (exact) mass is 1300 g/mol. The Bertz CT molecular complexity index is 2550. The highest BCUT2D eigenvalue weighted by Gasteiger charge is 2.69. The molecular formula is C90H149BN4. The molecule has 19 rings (SSSR count). The van der Waals surface area contributed by atoms with Gasteiger partial charge in [0, 0.05) is 72.5 Å². The van der Waals surface area contributed by atoms with Gasteiger partial charge < -0.3 is 0 Å². The molecule has 15 aliphatic carbocycles. The van der Waals surface area contributed by atoms with Crippen LogP contribution in [-0.2, 0) is 0 Å². The van der Waals surface area contributed by atoms with Crippen LogP contribution in [0.4, 0.5) is 0 Å². The number of hydrogen-bond acceptors (Lipinski definition) is 4. The average molecular weight is 1300 g/mol. The Morgan fingerprint density at radius 2 is 0.611 bits per heavy atom. The van der Waals surface area contributed by atoms with Crippen LogP contribution in [0, 0.1) is 117 Å². The quantitative estimate of drug-likeness (QED) is 0.236. The fraction of sp³-hybridized carbons (Fsp3) is 1.00. The van der Waals surface area contributed by atoms with Crippen molar-refractivity contribution in [1.82, 2.24) is 19.6 Å². The number of nitrogens with zero attached hydrogens (tertiary/aromatic N) is 4. The van der Waals surface area contributed by atoms with Crippen molar-refractivity contribution in [3.05, 3.63) is 0 Å². The second-order valence-electron chi connectivity index (χ2n) is 43.3. The molecule has 4 saturated heterocycles. The molecule has 4 aliphatic heterocycles. The summed E-state index contributed by atoms with van der Waals surface area (Å²) >= 11 is 0. The van der Waals surface area contributed by atoms with E-state index in [9.17, 15) is 0 Å². The van der Waals surface area contributed by atoms with Gasteiger partial charge in [-0.3, -0.25) is 19.6 Å². The third kappa shape index (κ3) is 11.5. The van der Waals surface area contributed by atoms with Gasteiger partial charge in [-0.25, -0.2) is 0 Å². The molecule has 0 radical (unpaired) electrons. The molecule has 0 aromatic rings. The van der Waals surface area contributed by atoms with Crippen LogP contribution < -0.4 is 0 Å². The lowest BCUT2D eigenvalue weighted by molar-refractivity contribution is -0.153. The molecule has 27 unspecified atom stereocenters. The Labute approximate surface area is 586 Å². The highest BCUT2D eigenvalue weighted by atomic mass is 15.3. The molecule has 4 heterocycles. The predicted octanol–water partition coefficient (Wildman–Crippen LogP) is 22.8. The molecule has 0 aromatic carbocycles. The van der Waals surface area contributed by atoms with Crippen LogP contribution in [0.5, 0.6) is 0 Å². The Hall–Kier alpha value is -0.0951. The molecule has 95 heavy (non-hydrogen) atoms. The van der Waals surface area contributed by atoms with E-state index in [1.165, 1.54) is 64.2 Å². The van der Waals surface area contributed by atoms with E-state index in [1.807, 2.05) is 0 Å². The first kappa shape index (κ1) is 65.7. The first-order valence-corrected chi connectivity index (χ1v) is 45.5. The summed E-state index contributed by atoms with van der Waals surface area (Å²) in [5.41, 5.74) is 0.901. The van der Waals surface area contributed by atoms with Crippen LogP contribution in [0.25, 0.3) is 0 Å². The van der Waals surface area contributed by atoms with Crippen LogP contribution in [-0.4, -0.2) is 98.8 Å². The van der Waals surface area contributed by atoms with Crippen molar-refractivity contribution in [3.63, 3.8) is 0 Å². The van der Waals surface area contributed by atoms with Gasteiger partial charge in [0.2, 0.25) is 0 Å². The molecule has 0 aromatic heterocycles. The maximum atomic E-state index is 3.79. The van der Waals surface area contributed by atoms with E-state index in [0.29, 0.717) is 10.8 Å².